The van der Waals surface area contributed by atoms with E-state index in [0.717, 1.165) is 6.07 Å². The van der Waals surface area contributed by atoms with Gasteiger partial charge in [-0.3, -0.25) is 9.78 Å². The van der Waals surface area contributed by atoms with E-state index in [1.807, 2.05) is 11.9 Å². The number of hydrogen-bond acceptors (Lipinski definition) is 5. The number of rotatable bonds is 4. The predicted molar refractivity (Wildman–Crippen MR) is 112 cm³/mol. The first-order valence-electron chi connectivity index (χ1n) is 9.43. The predicted octanol–water partition coefficient (Wildman–Crippen LogP) is 2.79. The van der Waals surface area contributed by atoms with Gasteiger partial charge >= 0.3 is 0 Å². The summed E-state index contributed by atoms with van der Waals surface area (Å²) in [5.74, 6) is -0.949. The van der Waals surface area contributed by atoms with Gasteiger partial charge in [0.1, 0.15) is 11.2 Å². The van der Waals surface area contributed by atoms with Crippen molar-refractivity contribution in [3.05, 3.63) is 58.1 Å². The molecule has 2 aliphatic heterocycles. The van der Waals surface area contributed by atoms with Gasteiger partial charge in [-0.25, -0.2) is 12.8 Å². The molecule has 6 nitrogen and oxygen atoms in total. The zero-order valence-corrected chi connectivity index (χ0v) is 18.5. The van der Waals surface area contributed by atoms with Crippen LogP contribution in [0.3, 0.4) is 0 Å². The maximum atomic E-state index is 14.6. The molecule has 0 N–H and O–H groups in total. The lowest BCUT2D eigenvalue weighted by atomic mass is 9.75. The molecule has 30 heavy (non-hydrogen) atoms. The maximum Gasteiger partial charge on any atom is 0.237 e. The van der Waals surface area contributed by atoms with Crippen molar-refractivity contribution in [3.63, 3.8) is 0 Å². The normalized spacial score (nSPS) is 21.5. The number of amides is 1. The van der Waals surface area contributed by atoms with Crippen LogP contribution in [0.1, 0.15) is 12.1 Å². The third-order valence-electron chi connectivity index (χ3n) is 5.76. The molecule has 4 rings (SSSR count). The van der Waals surface area contributed by atoms with Crippen molar-refractivity contribution in [1.29, 1.82) is 0 Å². The minimum absolute atomic E-state index is 0.0348. The Morgan fingerprint density at radius 3 is 2.60 bits per heavy atom. The number of benzene rings is 1. The summed E-state index contributed by atoms with van der Waals surface area (Å²) in [6.45, 7) is 0.909. The van der Waals surface area contributed by atoms with Crippen molar-refractivity contribution in [2.45, 2.75) is 22.0 Å². The average molecular weight is 472 g/mol. The van der Waals surface area contributed by atoms with Crippen LogP contribution < -0.4 is 0 Å². The van der Waals surface area contributed by atoms with Crippen molar-refractivity contribution in [3.8, 4) is 0 Å². The quantitative estimate of drug-likeness (QED) is 0.685. The first-order chi connectivity index (χ1) is 14.1. The summed E-state index contributed by atoms with van der Waals surface area (Å²) < 4.78 is 40.7. The van der Waals surface area contributed by atoms with Crippen LogP contribution in [0.5, 0.6) is 0 Å². The fourth-order valence-corrected chi connectivity index (χ4v) is 6.71. The molecule has 2 saturated heterocycles. The van der Waals surface area contributed by atoms with Crippen LogP contribution in [-0.4, -0.2) is 67.6 Å². The molecule has 1 unspecified atom stereocenters. The maximum absolute atomic E-state index is 14.6. The Morgan fingerprint density at radius 1 is 1.27 bits per heavy atom. The van der Waals surface area contributed by atoms with Gasteiger partial charge in [0, 0.05) is 32.4 Å². The Bertz CT molecular complexity index is 1110. The molecule has 0 radical (unpaired) electrons. The fourth-order valence-electron chi connectivity index (χ4n) is 4.35. The second kappa shape index (κ2) is 7.75. The summed E-state index contributed by atoms with van der Waals surface area (Å²) in [4.78, 5) is 21.0. The van der Waals surface area contributed by atoms with Gasteiger partial charge < -0.3 is 9.80 Å². The Balaban J connectivity index is 1.60. The largest absolute Gasteiger partial charge is 0.340 e. The summed E-state index contributed by atoms with van der Waals surface area (Å²) >= 11 is 11.9. The highest BCUT2D eigenvalue weighted by atomic mass is 35.5. The lowest BCUT2D eigenvalue weighted by molar-refractivity contribution is -0.143. The molecule has 1 atom stereocenters. The third-order valence-corrected chi connectivity index (χ3v) is 8.64. The van der Waals surface area contributed by atoms with Gasteiger partial charge in [-0.15, -0.1) is 0 Å². The topological polar surface area (TPSA) is 70.6 Å². The van der Waals surface area contributed by atoms with Gasteiger partial charge in [0.25, 0.3) is 0 Å². The van der Waals surface area contributed by atoms with E-state index >= 15 is 0 Å². The molecule has 2 aliphatic rings. The number of aromatic nitrogens is 1. The zero-order chi connectivity index (χ0) is 21.7. The molecule has 0 spiro atoms. The Morgan fingerprint density at radius 2 is 1.97 bits per heavy atom. The minimum atomic E-state index is -3.70. The van der Waals surface area contributed by atoms with E-state index < -0.39 is 26.3 Å². The first kappa shape index (κ1) is 21.5. The van der Waals surface area contributed by atoms with Crippen molar-refractivity contribution < 1.29 is 17.6 Å². The van der Waals surface area contributed by atoms with Crippen molar-refractivity contribution in [2.24, 2.45) is 0 Å². The molecule has 1 aromatic carbocycles. The van der Waals surface area contributed by atoms with Gasteiger partial charge in [0.2, 0.25) is 5.91 Å². The molecular formula is C20H20Cl2FN3O3S. The van der Waals surface area contributed by atoms with Crippen LogP contribution in [0.25, 0.3) is 0 Å². The van der Waals surface area contributed by atoms with E-state index in [1.165, 1.54) is 23.2 Å². The first-order valence-corrected chi connectivity index (χ1v) is 11.7. The second-order valence-electron chi connectivity index (χ2n) is 7.88. The standard InChI is InChI=1S/C20H20Cl2FN3O3S/c1-25-11-20(12-25,18-16(23)8-13(21)9-24-18)19(27)26-7-6-14(10-26)30(28,29)17-5-3-2-4-15(17)22/h2-5,8-9,14H,6-7,10-12H2,1H3. The molecule has 10 heteroatoms. The lowest BCUT2D eigenvalue weighted by Crippen LogP contribution is -2.66. The van der Waals surface area contributed by atoms with Crippen LogP contribution >= 0.6 is 23.2 Å². The Hall–Kier alpha value is -1.74. The van der Waals surface area contributed by atoms with E-state index in [-0.39, 0.29) is 39.6 Å². The number of likely N-dealkylation sites (N-methyl/N-ethyl adjacent to an activating group) is 1. The highest BCUT2D eigenvalue weighted by Gasteiger charge is 2.54. The van der Waals surface area contributed by atoms with Gasteiger partial charge in [0.15, 0.2) is 9.84 Å². The third kappa shape index (κ3) is 3.49. The Kier molecular flexibility index (Phi) is 5.55. The van der Waals surface area contributed by atoms with Crippen molar-refractivity contribution >= 4 is 38.9 Å². The minimum Gasteiger partial charge on any atom is -0.340 e. The van der Waals surface area contributed by atoms with Crippen LogP contribution in [0.15, 0.2) is 41.4 Å². The van der Waals surface area contributed by atoms with Crippen molar-refractivity contribution in [1.82, 2.24) is 14.8 Å². The summed E-state index contributed by atoms with van der Waals surface area (Å²) in [5.41, 5.74) is -1.10. The number of carbonyl (C=O) groups excluding carboxylic acids is 1. The number of hydrogen-bond donors (Lipinski definition) is 0. The van der Waals surface area contributed by atoms with Crippen LogP contribution in [-0.2, 0) is 20.0 Å². The molecule has 0 aliphatic carbocycles. The molecule has 3 heterocycles. The summed E-state index contributed by atoms with van der Waals surface area (Å²) in [6, 6.07) is 7.42. The molecule has 2 fully saturated rings. The Labute approximate surface area is 184 Å². The number of carbonyl (C=O) groups is 1. The number of sulfone groups is 1. The van der Waals surface area contributed by atoms with Crippen molar-refractivity contribution in [2.75, 3.05) is 33.2 Å². The van der Waals surface area contributed by atoms with E-state index in [9.17, 15) is 17.6 Å². The summed E-state index contributed by atoms with van der Waals surface area (Å²) in [7, 11) is -1.88. The summed E-state index contributed by atoms with van der Waals surface area (Å²) in [6.07, 6.45) is 1.61. The molecule has 0 bridgehead atoms. The number of nitrogens with zero attached hydrogens (tertiary/aromatic N) is 3. The molecule has 0 saturated carbocycles. The highest BCUT2D eigenvalue weighted by molar-refractivity contribution is 7.92. The van der Waals surface area contributed by atoms with E-state index in [2.05, 4.69) is 4.98 Å². The van der Waals surface area contributed by atoms with E-state index in [1.54, 1.807) is 12.1 Å². The molecule has 1 amide bonds. The summed E-state index contributed by atoms with van der Waals surface area (Å²) in [5, 5.41) is -0.454. The van der Waals surface area contributed by atoms with Crippen LogP contribution in [0.2, 0.25) is 10.0 Å². The van der Waals surface area contributed by atoms with Gasteiger partial charge in [-0.05, 0) is 31.7 Å². The average Bonchev–Trinajstić information content (AvgIpc) is 3.16. The van der Waals surface area contributed by atoms with Crippen LogP contribution in [0.4, 0.5) is 4.39 Å². The fraction of sp³-hybridized carbons (Fsp3) is 0.400. The second-order valence-corrected chi connectivity index (χ2v) is 10.9. The zero-order valence-electron chi connectivity index (χ0n) is 16.2. The molecule has 2 aromatic rings. The smallest absolute Gasteiger partial charge is 0.237 e. The molecule has 160 valence electrons. The molecule has 1 aromatic heterocycles. The number of likely N-dealkylation sites (tertiary alicyclic amines) is 2. The monoisotopic (exact) mass is 471 g/mol. The highest BCUT2D eigenvalue weighted by Crippen LogP contribution is 2.38. The van der Waals surface area contributed by atoms with Gasteiger partial charge in [-0.2, -0.15) is 0 Å². The van der Waals surface area contributed by atoms with Crippen LogP contribution in [0, 0.1) is 5.82 Å². The van der Waals surface area contributed by atoms with E-state index in [0.29, 0.717) is 19.5 Å². The van der Waals surface area contributed by atoms with Gasteiger partial charge in [0.05, 0.1) is 25.9 Å². The lowest BCUT2D eigenvalue weighted by Gasteiger charge is -2.48. The SMILES string of the molecule is CN1CC(C(=O)N2CCC(S(=O)(=O)c3ccccc3Cl)C2)(c2ncc(Cl)cc2F)C1. The molecular weight excluding hydrogens is 452 g/mol. The number of halogens is 3. The number of pyridine rings is 1. The van der Waals surface area contributed by atoms with E-state index in [4.69, 9.17) is 23.2 Å². The van der Waals surface area contributed by atoms with Gasteiger partial charge in [-0.1, -0.05) is 35.3 Å².